The van der Waals surface area contributed by atoms with Gasteiger partial charge in [0.1, 0.15) is 5.76 Å². The molecule has 2 nitrogen and oxygen atoms in total. The van der Waals surface area contributed by atoms with Crippen LogP contribution in [0.3, 0.4) is 0 Å². The Kier molecular flexibility index (Phi) is 3.07. The summed E-state index contributed by atoms with van der Waals surface area (Å²) in [6.07, 6.45) is 3.20. The number of rotatable bonds is 3. The molecule has 0 spiro atoms. The van der Waals surface area contributed by atoms with Crippen molar-refractivity contribution in [3.8, 4) is 0 Å². The molecule has 1 N–H and O–H groups in total. The zero-order valence-corrected chi connectivity index (χ0v) is 9.29. The van der Waals surface area contributed by atoms with Crippen molar-refractivity contribution >= 4 is 0 Å². The van der Waals surface area contributed by atoms with Crippen LogP contribution >= 0.6 is 0 Å². The third-order valence-corrected chi connectivity index (χ3v) is 2.68. The van der Waals surface area contributed by atoms with Gasteiger partial charge in [0.2, 0.25) is 0 Å². The predicted octanol–water partition coefficient (Wildman–Crippen LogP) is 2.56. The molecule has 1 aliphatic heterocycles. The number of hydrogen-bond acceptors (Lipinski definition) is 2. The summed E-state index contributed by atoms with van der Waals surface area (Å²) in [7, 11) is 1.97. The molecule has 0 saturated heterocycles. The SMILES string of the molecule is CNC(C1=CCCO1)c1cccc(C)c1. The molecule has 1 heterocycles. The molecular formula is C13H17NO. The highest BCUT2D eigenvalue weighted by Crippen LogP contribution is 2.26. The fourth-order valence-electron chi connectivity index (χ4n) is 1.96. The maximum absolute atomic E-state index is 5.60. The van der Waals surface area contributed by atoms with E-state index >= 15 is 0 Å². The molecule has 2 rings (SSSR count). The van der Waals surface area contributed by atoms with Crippen LogP contribution in [0.2, 0.25) is 0 Å². The Hall–Kier alpha value is -1.28. The van der Waals surface area contributed by atoms with E-state index in [1.165, 1.54) is 11.1 Å². The van der Waals surface area contributed by atoms with E-state index in [2.05, 4.69) is 42.6 Å². The number of nitrogens with one attached hydrogen (secondary N) is 1. The second-order valence-electron chi connectivity index (χ2n) is 3.88. The maximum atomic E-state index is 5.60. The normalized spacial score (nSPS) is 17.1. The topological polar surface area (TPSA) is 21.3 Å². The van der Waals surface area contributed by atoms with Gasteiger partial charge in [0, 0.05) is 6.42 Å². The van der Waals surface area contributed by atoms with Gasteiger partial charge in [-0.25, -0.2) is 0 Å². The minimum absolute atomic E-state index is 0.201. The number of likely N-dealkylation sites (N-methyl/N-ethyl adjacent to an activating group) is 1. The van der Waals surface area contributed by atoms with E-state index in [9.17, 15) is 0 Å². The zero-order chi connectivity index (χ0) is 10.7. The number of aryl methyl sites for hydroxylation is 1. The van der Waals surface area contributed by atoms with E-state index in [1.807, 2.05) is 7.05 Å². The fraction of sp³-hybridized carbons (Fsp3) is 0.385. The van der Waals surface area contributed by atoms with E-state index < -0.39 is 0 Å². The molecule has 0 fully saturated rings. The minimum Gasteiger partial charge on any atom is -0.496 e. The van der Waals surface area contributed by atoms with Crippen LogP contribution in [0.15, 0.2) is 36.1 Å². The van der Waals surface area contributed by atoms with Crippen molar-refractivity contribution in [3.05, 3.63) is 47.2 Å². The Bertz CT molecular complexity index is 371. The number of hydrogen-bond donors (Lipinski definition) is 1. The molecule has 1 aliphatic rings. The smallest absolute Gasteiger partial charge is 0.114 e. The lowest BCUT2D eigenvalue weighted by atomic mass is 10.0. The van der Waals surface area contributed by atoms with Gasteiger partial charge in [-0.3, -0.25) is 0 Å². The summed E-state index contributed by atoms with van der Waals surface area (Å²) >= 11 is 0. The van der Waals surface area contributed by atoms with Gasteiger partial charge < -0.3 is 10.1 Å². The second-order valence-corrected chi connectivity index (χ2v) is 3.88. The molecule has 2 heteroatoms. The summed E-state index contributed by atoms with van der Waals surface area (Å²) in [5, 5.41) is 3.29. The molecule has 15 heavy (non-hydrogen) atoms. The van der Waals surface area contributed by atoms with Crippen molar-refractivity contribution in [3.63, 3.8) is 0 Å². The Morgan fingerprint density at radius 3 is 2.87 bits per heavy atom. The molecule has 0 amide bonds. The van der Waals surface area contributed by atoms with Crippen LogP contribution in [0.1, 0.15) is 23.6 Å². The monoisotopic (exact) mass is 203 g/mol. The first-order valence-electron chi connectivity index (χ1n) is 5.38. The average molecular weight is 203 g/mol. The van der Waals surface area contributed by atoms with Crippen molar-refractivity contribution < 1.29 is 4.74 Å². The third kappa shape index (κ3) is 2.21. The minimum atomic E-state index is 0.201. The highest BCUT2D eigenvalue weighted by molar-refractivity contribution is 5.30. The van der Waals surface area contributed by atoms with E-state index in [0.29, 0.717) is 0 Å². The van der Waals surface area contributed by atoms with Crippen LogP contribution in [-0.2, 0) is 4.74 Å². The van der Waals surface area contributed by atoms with Crippen LogP contribution in [-0.4, -0.2) is 13.7 Å². The quantitative estimate of drug-likeness (QED) is 0.815. The van der Waals surface area contributed by atoms with Crippen molar-refractivity contribution in [1.82, 2.24) is 5.32 Å². The molecule has 0 aromatic heterocycles. The fourth-order valence-corrected chi connectivity index (χ4v) is 1.96. The lowest BCUT2D eigenvalue weighted by Gasteiger charge is -2.18. The summed E-state index contributed by atoms with van der Waals surface area (Å²) in [6.45, 7) is 2.93. The van der Waals surface area contributed by atoms with Gasteiger partial charge in [0.15, 0.2) is 0 Å². The van der Waals surface area contributed by atoms with Gasteiger partial charge in [0.05, 0.1) is 12.6 Å². The van der Waals surface area contributed by atoms with Gasteiger partial charge in [-0.15, -0.1) is 0 Å². The first-order chi connectivity index (χ1) is 7.31. The van der Waals surface area contributed by atoms with Crippen LogP contribution < -0.4 is 5.32 Å². The zero-order valence-electron chi connectivity index (χ0n) is 9.29. The summed E-state index contributed by atoms with van der Waals surface area (Å²) in [5.74, 6) is 1.06. The van der Waals surface area contributed by atoms with Crippen LogP contribution in [0, 0.1) is 6.92 Å². The Morgan fingerprint density at radius 2 is 2.27 bits per heavy atom. The molecule has 80 valence electrons. The first-order valence-corrected chi connectivity index (χ1v) is 5.38. The first kappa shape index (κ1) is 10.2. The second kappa shape index (κ2) is 4.49. The van der Waals surface area contributed by atoms with E-state index in [1.54, 1.807) is 0 Å². The molecule has 1 aromatic rings. The van der Waals surface area contributed by atoms with Crippen molar-refractivity contribution in [1.29, 1.82) is 0 Å². The van der Waals surface area contributed by atoms with Gasteiger partial charge in [0.25, 0.3) is 0 Å². The summed E-state index contributed by atoms with van der Waals surface area (Å²) in [4.78, 5) is 0. The molecule has 0 saturated carbocycles. The largest absolute Gasteiger partial charge is 0.496 e. The third-order valence-electron chi connectivity index (χ3n) is 2.68. The van der Waals surface area contributed by atoms with Crippen molar-refractivity contribution in [2.45, 2.75) is 19.4 Å². The molecule has 1 atom stereocenters. The molecule has 1 aromatic carbocycles. The Morgan fingerprint density at radius 1 is 1.40 bits per heavy atom. The van der Waals surface area contributed by atoms with Crippen LogP contribution in [0.4, 0.5) is 0 Å². The van der Waals surface area contributed by atoms with E-state index in [-0.39, 0.29) is 6.04 Å². The van der Waals surface area contributed by atoms with Gasteiger partial charge >= 0.3 is 0 Å². The van der Waals surface area contributed by atoms with Gasteiger partial charge in [-0.2, -0.15) is 0 Å². The van der Waals surface area contributed by atoms with Gasteiger partial charge in [-0.05, 0) is 25.6 Å². The summed E-state index contributed by atoms with van der Waals surface area (Å²) in [6, 6.07) is 8.73. The summed E-state index contributed by atoms with van der Waals surface area (Å²) < 4.78 is 5.60. The molecule has 1 unspecified atom stereocenters. The van der Waals surface area contributed by atoms with E-state index in [4.69, 9.17) is 4.74 Å². The highest BCUT2D eigenvalue weighted by atomic mass is 16.5. The highest BCUT2D eigenvalue weighted by Gasteiger charge is 2.18. The van der Waals surface area contributed by atoms with Crippen molar-refractivity contribution in [2.24, 2.45) is 0 Å². The maximum Gasteiger partial charge on any atom is 0.114 e. The molecular weight excluding hydrogens is 186 g/mol. The van der Waals surface area contributed by atoms with Crippen LogP contribution in [0.25, 0.3) is 0 Å². The molecule has 0 aliphatic carbocycles. The lowest BCUT2D eigenvalue weighted by Crippen LogP contribution is -2.19. The van der Waals surface area contributed by atoms with Crippen LogP contribution in [0.5, 0.6) is 0 Å². The molecule has 0 radical (unpaired) electrons. The number of ether oxygens (including phenoxy) is 1. The molecule has 0 bridgehead atoms. The van der Waals surface area contributed by atoms with Gasteiger partial charge in [-0.1, -0.05) is 29.8 Å². The number of benzene rings is 1. The van der Waals surface area contributed by atoms with E-state index in [0.717, 1.165) is 18.8 Å². The average Bonchev–Trinajstić information content (AvgIpc) is 2.72. The summed E-state index contributed by atoms with van der Waals surface area (Å²) in [5.41, 5.74) is 2.55. The predicted molar refractivity (Wildman–Crippen MR) is 61.6 cm³/mol. The Labute approximate surface area is 91.0 Å². The Balaban J connectivity index is 2.26. The van der Waals surface area contributed by atoms with Crippen molar-refractivity contribution in [2.75, 3.05) is 13.7 Å². The standard InChI is InChI=1S/C13H17NO/c1-10-5-3-6-11(9-10)13(14-2)12-7-4-8-15-12/h3,5-7,9,13-14H,4,8H2,1-2H3. The lowest BCUT2D eigenvalue weighted by molar-refractivity contribution is 0.218.